The summed E-state index contributed by atoms with van der Waals surface area (Å²) >= 11 is 0. The highest BCUT2D eigenvalue weighted by atomic mass is 16.2. The van der Waals surface area contributed by atoms with Crippen LogP contribution in [0, 0.1) is 0 Å². The predicted octanol–water partition coefficient (Wildman–Crippen LogP) is 2.78. The molecule has 2 aromatic rings. The fourth-order valence-corrected chi connectivity index (χ4v) is 3.22. The van der Waals surface area contributed by atoms with Crippen molar-refractivity contribution in [2.45, 2.75) is 31.8 Å². The Balaban J connectivity index is 1.63. The van der Waals surface area contributed by atoms with Gasteiger partial charge in [-0.1, -0.05) is 36.8 Å². The molecular weight excluding hydrogens is 314 g/mol. The molecule has 0 spiro atoms. The van der Waals surface area contributed by atoms with Gasteiger partial charge in [0.2, 0.25) is 5.91 Å². The van der Waals surface area contributed by atoms with E-state index < -0.39 is 0 Å². The van der Waals surface area contributed by atoms with Crippen molar-refractivity contribution in [2.75, 3.05) is 11.9 Å². The number of hydrogen-bond donors (Lipinski definition) is 2. The minimum atomic E-state index is -0.251. The lowest BCUT2D eigenvalue weighted by Gasteiger charge is -2.33. The second-order valence-corrected chi connectivity index (χ2v) is 6.40. The molecule has 1 fully saturated rings. The second kappa shape index (κ2) is 7.94. The molecule has 1 aliphatic rings. The SMILES string of the molecule is NC(=O)[C@@H]1CCCCN1Cc1ccc(C(=O)Nc2ccccc2)cc1. The van der Waals surface area contributed by atoms with Gasteiger partial charge in [-0.2, -0.15) is 0 Å². The van der Waals surface area contributed by atoms with E-state index in [1.165, 1.54) is 0 Å². The molecule has 3 rings (SSSR count). The Morgan fingerprint density at radius 3 is 2.44 bits per heavy atom. The summed E-state index contributed by atoms with van der Waals surface area (Å²) in [6, 6.07) is 16.7. The first-order chi connectivity index (χ1) is 12.1. The molecule has 0 aliphatic carbocycles. The van der Waals surface area contributed by atoms with Gasteiger partial charge in [0, 0.05) is 17.8 Å². The number of nitrogens with one attached hydrogen (secondary N) is 1. The summed E-state index contributed by atoms with van der Waals surface area (Å²) in [5.74, 6) is -0.385. The van der Waals surface area contributed by atoms with Crippen molar-refractivity contribution in [3.8, 4) is 0 Å². The molecular formula is C20H23N3O2. The van der Waals surface area contributed by atoms with E-state index in [1.54, 1.807) is 0 Å². The van der Waals surface area contributed by atoms with Gasteiger partial charge in [-0.15, -0.1) is 0 Å². The number of hydrogen-bond acceptors (Lipinski definition) is 3. The van der Waals surface area contributed by atoms with E-state index in [1.807, 2.05) is 54.6 Å². The number of carbonyl (C=O) groups excluding carboxylic acids is 2. The highest BCUT2D eigenvalue weighted by Gasteiger charge is 2.26. The van der Waals surface area contributed by atoms with E-state index in [2.05, 4.69) is 10.2 Å². The van der Waals surface area contributed by atoms with Crippen LogP contribution < -0.4 is 11.1 Å². The van der Waals surface area contributed by atoms with Crippen molar-refractivity contribution in [3.05, 3.63) is 65.7 Å². The Labute approximate surface area is 147 Å². The maximum absolute atomic E-state index is 12.3. The van der Waals surface area contributed by atoms with Crippen LogP contribution in [0.1, 0.15) is 35.2 Å². The highest BCUT2D eigenvalue weighted by Crippen LogP contribution is 2.20. The van der Waals surface area contributed by atoms with Crippen LogP contribution in [0.5, 0.6) is 0 Å². The number of piperidine rings is 1. The van der Waals surface area contributed by atoms with Crippen LogP contribution in [0.25, 0.3) is 0 Å². The normalized spacial score (nSPS) is 17.8. The van der Waals surface area contributed by atoms with Crippen molar-refractivity contribution < 1.29 is 9.59 Å². The van der Waals surface area contributed by atoms with E-state index in [0.29, 0.717) is 12.1 Å². The standard InChI is InChI=1S/C20H23N3O2/c21-19(24)18-8-4-5-13-23(18)14-15-9-11-16(12-10-15)20(25)22-17-6-2-1-3-7-17/h1-3,6-7,9-12,18H,4-5,8,13-14H2,(H2,21,24)(H,22,25)/t18-/m0/s1. The summed E-state index contributed by atoms with van der Waals surface area (Å²) in [5.41, 5.74) is 7.97. The Morgan fingerprint density at radius 1 is 1.04 bits per heavy atom. The van der Waals surface area contributed by atoms with E-state index in [4.69, 9.17) is 5.73 Å². The number of nitrogens with two attached hydrogens (primary N) is 1. The van der Waals surface area contributed by atoms with Crippen LogP contribution >= 0.6 is 0 Å². The first kappa shape index (κ1) is 17.2. The van der Waals surface area contributed by atoms with Gasteiger partial charge in [0.05, 0.1) is 6.04 Å². The molecule has 0 aromatic heterocycles. The molecule has 5 nitrogen and oxygen atoms in total. The van der Waals surface area contributed by atoms with Crippen molar-refractivity contribution in [1.82, 2.24) is 4.90 Å². The molecule has 0 radical (unpaired) electrons. The van der Waals surface area contributed by atoms with Crippen molar-refractivity contribution in [2.24, 2.45) is 5.73 Å². The monoisotopic (exact) mass is 337 g/mol. The smallest absolute Gasteiger partial charge is 0.255 e. The van der Waals surface area contributed by atoms with Crippen LogP contribution in [-0.4, -0.2) is 29.3 Å². The summed E-state index contributed by atoms with van der Waals surface area (Å²) in [6.07, 6.45) is 2.96. The van der Waals surface area contributed by atoms with Gasteiger partial charge in [-0.25, -0.2) is 0 Å². The van der Waals surface area contributed by atoms with Gasteiger partial charge in [0.1, 0.15) is 0 Å². The molecule has 3 N–H and O–H groups in total. The van der Waals surface area contributed by atoms with Crippen molar-refractivity contribution >= 4 is 17.5 Å². The Hall–Kier alpha value is -2.66. The van der Waals surface area contributed by atoms with Gasteiger partial charge in [-0.05, 0) is 49.2 Å². The lowest BCUT2D eigenvalue weighted by molar-refractivity contribution is -0.124. The summed E-state index contributed by atoms with van der Waals surface area (Å²) in [5, 5.41) is 2.87. The van der Waals surface area contributed by atoms with Crippen LogP contribution in [0.3, 0.4) is 0 Å². The minimum absolute atomic E-state index is 0.134. The Kier molecular flexibility index (Phi) is 5.46. The lowest BCUT2D eigenvalue weighted by Crippen LogP contribution is -2.47. The Bertz CT molecular complexity index is 728. The maximum atomic E-state index is 12.3. The zero-order valence-corrected chi connectivity index (χ0v) is 14.2. The molecule has 1 saturated heterocycles. The lowest BCUT2D eigenvalue weighted by atomic mass is 10.0. The molecule has 25 heavy (non-hydrogen) atoms. The number of benzene rings is 2. The zero-order chi connectivity index (χ0) is 17.6. The predicted molar refractivity (Wildman–Crippen MR) is 98.1 cm³/mol. The molecule has 5 heteroatoms. The molecule has 0 bridgehead atoms. The number of likely N-dealkylation sites (tertiary alicyclic amines) is 1. The number of nitrogens with zero attached hydrogens (tertiary/aromatic N) is 1. The van der Waals surface area contributed by atoms with E-state index in [-0.39, 0.29) is 17.9 Å². The number of anilines is 1. The molecule has 1 aliphatic heterocycles. The van der Waals surface area contributed by atoms with Crippen molar-refractivity contribution in [3.63, 3.8) is 0 Å². The summed E-state index contributed by atoms with van der Waals surface area (Å²) in [6.45, 7) is 1.55. The molecule has 130 valence electrons. The van der Waals surface area contributed by atoms with Crippen molar-refractivity contribution in [1.29, 1.82) is 0 Å². The van der Waals surface area contributed by atoms with Crippen LogP contribution in [0.15, 0.2) is 54.6 Å². The minimum Gasteiger partial charge on any atom is -0.368 e. The molecule has 2 aromatic carbocycles. The topological polar surface area (TPSA) is 75.4 Å². The first-order valence-corrected chi connectivity index (χ1v) is 8.62. The van der Waals surface area contributed by atoms with Gasteiger partial charge in [0.15, 0.2) is 0 Å². The second-order valence-electron chi connectivity index (χ2n) is 6.40. The summed E-state index contributed by atoms with van der Waals surface area (Å²) in [7, 11) is 0. The average Bonchev–Trinajstić information content (AvgIpc) is 2.63. The number of carbonyl (C=O) groups is 2. The van der Waals surface area contributed by atoms with E-state index >= 15 is 0 Å². The zero-order valence-electron chi connectivity index (χ0n) is 14.2. The largest absolute Gasteiger partial charge is 0.368 e. The number of amides is 2. The van der Waals surface area contributed by atoms with E-state index in [9.17, 15) is 9.59 Å². The van der Waals surface area contributed by atoms with Crippen LogP contribution in [-0.2, 0) is 11.3 Å². The fraction of sp³-hybridized carbons (Fsp3) is 0.300. The van der Waals surface area contributed by atoms with Gasteiger partial charge >= 0.3 is 0 Å². The number of rotatable bonds is 5. The number of primary amides is 1. The highest BCUT2D eigenvalue weighted by molar-refractivity contribution is 6.04. The summed E-state index contributed by atoms with van der Waals surface area (Å²) < 4.78 is 0. The molecule has 1 atom stereocenters. The van der Waals surface area contributed by atoms with E-state index in [0.717, 1.165) is 37.1 Å². The summed E-state index contributed by atoms with van der Waals surface area (Å²) in [4.78, 5) is 26.0. The van der Waals surface area contributed by atoms with Crippen LogP contribution in [0.2, 0.25) is 0 Å². The Morgan fingerprint density at radius 2 is 1.76 bits per heavy atom. The maximum Gasteiger partial charge on any atom is 0.255 e. The third kappa shape index (κ3) is 4.45. The molecule has 2 amide bonds. The van der Waals surface area contributed by atoms with Gasteiger partial charge in [-0.3, -0.25) is 14.5 Å². The average molecular weight is 337 g/mol. The molecule has 0 saturated carbocycles. The third-order valence-electron chi connectivity index (χ3n) is 4.58. The molecule has 0 unspecified atom stereocenters. The number of para-hydroxylation sites is 1. The molecule has 1 heterocycles. The first-order valence-electron chi connectivity index (χ1n) is 8.62. The fourth-order valence-electron chi connectivity index (χ4n) is 3.22. The quantitative estimate of drug-likeness (QED) is 0.881. The van der Waals surface area contributed by atoms with Gasteiger partial charge in [0.25, 0.3) is 5.91 Å². The third-order valence-corrected chi connectivity index (χ3v) is 4.58. The van der Waals surface area contributed by atoms with Gasteiger partial charge < -0.3 is 11.1 Å². The van der Waals surface area contributed by atoms with Crippen LogP contribution in [0.4, 0.5) is 5.69 Å².